The Bertz CT molecular complexity index is 738. The van der Waals surface area contributed by atoms with Crippen molar-refractivity contribution in [2.45, 2.75) is 12.7 Å². The molecule has 128 valence electrons. The smallest absolute Gasteiger partial charge is 0.356 e. The molecule has 0 aliphatic carbocycles. The highest BCUT2D eigenvalue weighted by atomic mass is 31.2. The summed E-state index contributed by atoms with van der Waals surface area (Å²) in [5.41, 5.74) is 2.35. The van der Waals surface area contributed by atoms with Crippen LogP contribution in [0.3, 0.4) is 0 Å². The monoisotopic (exact) mass is 350 g/mol. The van der Waals surface area contributed by atoms with Gasteiger partial charge in [-0.3, -0.25) is 14.7 Å². The predicted molar refractivity (Wildman–Crippen MR) is 92.3 cm³/mol. The molecule has 0 amide bonds. The maximum Gasteiger partial charge on any atom is 0.356 e. The van der Waals surface area contributed by atoms with E-state index in [9.17, 15) is 14.7 Å². The van der Waals surface area contributed by atoms with Crippen molar-refractivity contribution in [3.8, 4) is 0 Å². The van der Waals surface area contributed by atoms with Gasteiger partial charge in [-0.15, -0.1) is 0 Å². The lowest BCUT2D eigenvalue weighted by Gasteiger charge is -2.26. The van der Waals surface area contributed by atoms with E-state index in [0.29, 0.717) is 5.56 Å². The van der Waals surface area contributed by atoms with Crippen molar-refractivity contribution >= 4 is 19.0 Å². The minimum Gasteiger partial charge on any atom is -0.368 e. The van der Waals surface area contributed by atoms with E-state index in [4.69, 9.17) is 9.05 Å². The Labute approximate surface area is 140 Å². The van der Waals surface area contributed by atoms with Gasteiger partial charge in [0.1, 0.15) is 0 Å². The van der Waals surface area contributed by atoms with Gasteiger partial charge in [0.05, 0.1) is 4.92 Å². The quantitative estimate of drug-likeness (QED) is 0.449. The number of nitro benzene ring substituents is 1. The molecule has 0 heterocycles. The highest BCUT2D eigenvalue weighted by Gasteiger charge is 2.35. The Balaban J connectivity index is 2.40. The van der Waals surface area contributed by atoms with Gasteiger partial charge in [0.25, 0.3) is 5.69 Å². The first-order chi connectivity index (χ1) is 11.4. The number of hydrogen-bond acceptors (Lipinski definition) is 6. The van der Waals surface area contributed by atoms with Crippen LogP contribution in [0.25, 0.3) is 0 Å². The number of nitrogens with zero attached hydrogens (tertiary/aromatic N) is 1. The Morgan fingerprint density at radius 2 is 1.58 bits per heavy atom. The molecule has 0 bridgehead atoms. The fourth-order valence-corrected chi connectivity index (χ4v) is 3.63. The van der Waals surface area contributed by atoms with Crippen LogP contribution in [-0.4, -0.2) is 19.1 Å². The maximum absolute atomic E-state index is 12.9. The van der Waals surface area contributed by atoms with Crippen molar-refractivity contribution in [2.75, 3.05) is 19.5 Å². The van der Waals surface area contributed by atoms with Gasteiger partial charge in [0, 0.05) is 32.0 Å². The van der Waals surface area contributed by atoms with Crippen molar-refractivity contribution in [3.05, 3.63) is 69.8 Å². The number of nitro groups is 1. The van der Waals surface area contributed by atoms with Crippen LogP contribution in [0.1, 0.15) is 16.9 Å². The molecular weight excluding hydrogens is 331 g/mol. The molecule has 0 unspecified atom stereocenters. The highest BCUT2D eigenvalue weighted by molar-refractivity contribution is 7.54. The average Bonchev–Trinajstić information content (AvgIpc) is 2.60. The molecule has 0 saturated heterocycles. The zero-order valence-electron chi connectivity index (χ0n) is 13.6. The lowest BCUT2D eigenvalue weighted by Crippen LogP contribution is -2.13. The molecule has 0 aliphatic heterocycles. The molecule has 24 heavy (non-hydrogen) atoms. The molecule has 1 atom stereocenters. The summed E-state index contributed by atoms with van der Waals surface area (Å²) in [6, 6.07) is 13.3. The van der Waals surface area contributed by atoms with Crippen molar-refractivity contribution in [1.29, 1.82) is 0 Å². The average molecular weight is 350 g/mol. The summed E-state index contributed by atoms with van der Waals surface area (Å²) in [5, 5.41) is 13.9. The van der Waals surface area contributed by atoms with Crippen molar-refractivity contribution in [3.63, 3.8) is 0 Å². The number of benzene rings is 2. The lowest BCUT2D eigenvalue weighted by atomic mass is 10.2. The molecule has 2 aromatic rings. The molecule has 1 N–H and O–H groups in total. The normalized spacial score (nSPS) is 12.6. The standard InChI is InChI=1S/C16H19N2O5P/c1-12-4-8-14(9-5-12)17-16(24(21,22-2)23-3)13-6-10-15(11-7-13)18(19)20/h4-11,16-17H,1-3H3/t16-/m0/s1. The molecule has 2 rings (SSSR count). The first-order valence-electron chi connectivity index (χ1n) is 7.18. The second kappa shape index (κ2) is 7.57. The van der Waals surface area contributed by atoms with Crippen molar-refractivity contribution < 1.29 is 18.5 Å². The van der Waals surface area contributed by atoms with Crippen LogP contribution in [0.5, 0.6) is 0 Å². The summed E-state index contributed by atoms with van der Waals surface area (Å²) in [5.74, 6) is -0.795. The molecule has 0 saturated carbocycles. The Morgan fingerprint density at radius 1 is 1.04 bits per heavy atom. The van der Waals surface area contributed by atoms with Gasteiger partial charge in [0.2, 0.25) is 0 Å². The SMILES string of the molecule is COP(=O)(OC)[C@H](Nc1ccc(C)cc1)c1ccc([N+](=O)[O-])cc1. The fourth-order valence-electron chi connectivity index (χ4n) is 2.22. The third-order valence-electron chi connectivity index (χ3n) is 3.60. The molecule has 0 aliphatic rings. The first kappa shape index (κ1) is 18.1. The number of nitrogens with one attached hydrogen (secondary N) is 1. The first-order valence-corrected chi connectivity index (χ1v) is 8.79. The Hall–Kier alpha value is -2.21. The van der Waals surface area contributed by atoms with E-state index < -0.39 is 18.3 Å². The van der Waals surface area contributed by atoms with Gasteiger partial charge in [-0.25, -0.2) is 0 Å². The predicted octanol–water partition coefficient (Wildman–Crippen LogP) is 4.50. The van der Waals surface area contributed by atoms with Crippen LogP contribution in [0.4, 0.5) is 11.4 Å². The molecule has 0 radical (unpaired) electrons. The molecule has 8 heteroatoms. The summed E-state index contributed by atoms with van der Waals surface area (Å²) in [4.78, 5) is 10.3. The van der Waals surface area contributed by atoms with Gasteiger partial charge < -0.3 is 14.4 Å². The lowest BCUT2D eigenvalue weighted by molar-refractivity contribution is -0.384. The van der Waals surface area contributed by atoms with E-state index in [2.05, 4.69) is 5.32 Å². The number of hydrogen-bond donors (Lipinski definition) is 1. The summed E-state index contributed by atoms with van der Waals surface area (Å²) in [6.45, 7) is 1.97. The zero-order chi connectivity index (χ0) is 17.7. The minimum atomic E-state index is -3.51. The van der Waals surface area contributed by atoms with Crippen LogP contribution >= 0.6 is 7.60 Å². The topological polar surface area (TPSA) is 90.7 Å². The zero-order valence-corrected chi connectivity index (χ0v) is 14.5. The van der Waals surface area contributed by atoms with Gasteiger partial charge in [-0.2, -0.15) is 0 Å². The van der Waals surface area contributed by atoms with E-state index >= 15 is 0 Å². The Morgan fingerprint density at radius 3 is 2.04 bits per heavy atom. The van der Waals surface area contributed by atoms with Crippen LogP contribution in [0, 0.1) is 17.0 Å². The molecular formula is C16H19N2O5P. The molecule has 0 aromatic heterocycles. The van der Waals surface area contributed by atoms with E-state index in [0.717, 1.165) is 11.3 Å². The van der Waals surface area contributed by atoms with E-state index in [-0.39, 0.29) is 5.69 Å². The summed E-state index contributed by atoms with van der Waals surface area (Å²) in [6.07, 6.45) is 0. The van der Waals surface area contributed by atoms with Crippen LogP contribution in [0.15, 0.2) is 48.5 Å². The molecule has 7 nitrogen and oxygen atoms in total. The molecule has 2 aromatic carbocycles. The van der Waals surface area contributed by atoms with Crippen molar-refractivity contribution in [1.82, 2.24) is 0 Å². The maximum atomic E-state index is 12.9. The number of anilines is 1. The largest absolute Gasteiger partial charge is 0.368 e. The van der Waals surface area contributed by atoms with Crippen molar-refractivity contribution in [2.24, 2.45) is 0 Å². The minimum absolute atomic E-state index is 0.0440. The van der Waals surface area contributed by atoms with Crippen LogP contribution in [0.2, 0.25) is 0 Å². The van der Waals surface area contributed by atoms with Gasteiger partial charge in [0.15, 0.2) is 5.78 Å². The third-order valence-corrected chi connectivity index (χ3v) is 5.68. The van der Waals surface area contributed by atoms with E-state index in [1.54, 1.807) is 0 Å². The van der Waals surface area contributed by atoms with E-state index in [1.807, 2.05) is 31.2 Å². The summed E-state index contributed by atoms with van der Waals surface area (Å²) >= 11 is 0. The van der Waals surface area contributed by atoms with Crippen LogP contribution < -0.4 is 5.32 Å². The van der Waals surface area contributed by atoms with Gasteiger partial charge in [-0.05, 0) is 36.8 Å². The van der Waals surface area contributed by atoms with Gasteiger partial charge in [-0.1, -0.05) is 17.7 Å². The van der Waals surface area contributed by atoms with E-state index in [1.165, 1.54) is 38.5 Å². The fraction of sp³-hybridized carbons (Fsp3) is 0.250. The number of aryl methyl sites for hydroxylation is 1. The third kappa shape index (κ3) is 4.00. The number of non-ortho nitro benzene ring substituents is 1. The summed E-state index contributed by atoms with van der Waals surface area (Å²) < 4.78 is 23.1. The Kier molecular flexibility index (Phi) is 5.72. The second-order valence-electron chi connectivity index (χ2n) is 5.17. The molecule has 0 fully saturated rings. The van der Waals surface area contributed by atoms with Crippen LogP contribution in [-0.2, 0) is 13.6 Å². The number of rotatable bonds is 7. The second-order valence-corrected chi connectivity index (χ2v) is 7.49. The van der Waals surface area contributed by atoms with Gasteiger partial charge >= 0.3 is 7.60 Å². The molecule has 0 spiro atoms. The highest BCUT2D eigenvalue weighted by Crippen LogP contribution is 2.59. The summed E-state index contributed by atoms with van der Waals surface area (Å²) in [7, 11) is -0.900.